The lowest BCUT2D eigenvalue weighted by Gasteiger charge is -2.08. The molecule has 1 atom stereocenters. The summed E-state index contributed by atoms with van der Waals surface area (Å²) in [6, 6.07) is 0. The Morgan fingerprint density at radius 3 is 2.69 bits per heavy atom. The molecule has 90 valence electrons. The maximum Gasteiger partial charge on any atom is 0.241 e. The lowest BCUT2D eigenvalue weighted by atomic mass is 10.3. The highest BCUT2D eigenvalue weighted by molar-refractivity contribution is 5.75. The van der Waals surface area contributed by atoms with Gasteiger partial charge in [-0.1, -0.05) is 0 Å². The van der Waals surface area contributed by atoms with E-state index in [1.54, 1.807) is 18.5 Å². The summed E-state index contributed by atoms with van der Waals surface area (Å²) in [4.78, 5) is 11.5. The van der Waals surface area contributed by atoms with Crippen molar-refractivity contribution in [3.8, 4) is 0 Å². The number of aliphatic hydroxyl groups is 1. The van der Waals surface area contributed by atoms with E-state index < -0.39 is 6.10 Å². The number of hydrogen-bond donors (Lipinski definition) is 3. The van der Waals surface area contributed by atoms with Crippen LogP contribution in [0.3, 0.4) is 0 Å². The average Bonchev–Trinajstić information content (AvgIpc) is 2.43. The minimum Gasteiger partial charge on any atom is -0.396 e. The van der Waals surface area contributed by atoms with E-state index >= 15 is 0 Å². The van der Waals surface area contributed by atoms with Crippen LogP contribution in [0.2, 0.25) is 0 Å². The van der Waals surface area contributed by atoms with Gasteiger partial charge in [-0.3, -0.25) is 9.48 Å². The molecule has 0 saturated heterocycles. The van der Waals surface area contributed by atoms with Crippen LogP contribution in [0.1, 0.15) is 18.3 Å². The second-order valence-corrected chi connectivity index (χ2v) is 3.90. The zero-order chi connectivity index (χ0) is 12.3. The molecule has 0 radical (unpaired) electrons. The number of carbonyl (C=O) groups is 1. The number of aryl methyl sites for hydroxylation is 1. The second kappa shape index (κ2) is 4.98. The Morgan fingerprint density at radius 2 is 2.25 bits per heavy atom. The predicted molar refractivity (Wildman–Crippen MR) is 60.8 cm³/mol. The fourth-order valence-corrected chi connectivity index (χ4v) is 1.32. The summed E-state index contributed by atoms with van der Waals surface area (Å²) >= 11 is 0. The smallest absolute Gasteiger partial charge is 0.241 e. The Morgan fingerprint density at radius 1 is 1.62 bits per heavy atom. The molecule has 16 heavy (non-hydrogen) atoms. The van der Waals surface area contributed by atoms with Crippen LogP contribution in [0.15, 0.2) is 0 Å². The molecule has 0 aliphatic carbocycles. The van der Waals surface area contributed by atoms with Crippen LogP contribution in [0.5, 0.6) is 0 Å². The second-order valence-electron chi connectivity index (χ2n) is 3.90. The van der Waals surface area contributed by atoms with Crippen LogP contribution in [0.4, 0.5) is 5.69 Å². The van der Waals surface area contributed by atoms with Crippen molar-refractivity contribution in [3.63, 3.8) is 0 Å². The molecule has 0 aromatic carbocycles. The molecule has 0 saturated carbocycles. The Hall–Kier alpha value is -1.56. The van der Waals surface area contributed by atoms with Crippen molar-refractivity contribution >= 4 is 11.6 Å². The summed E-state index contributed by atoms with van der Waals surface area (Å²) in [5, 5.41) is 15.8. The minimum absolute atomic E-state index is 0.122. The molecule has 1 aromatic rings. The molecule has 0 bridgehead atoms. The number of carbonyl (C=O) groups excluding carboxylic acids is 1. The molecule has 1 heterocycles. The highest BCUT2D eigenvalue weighted by Crippen LogP contribution is 2.14. The molecule has 6 nitrogen and oxygen atoms in total. The number of nitrogens with two attached hydrogens (primary N) is 1. The van der Waals surface area contributed by atoms with Crippen molar-refractivity contribution in [2.45, 2.75) is 33.4 Å². The number of anilines is 1. The van der Waals surface area contributed by atoms with Gasteiger partial charge in [-0.15, -0.1) is 0 Å². The summed E-state index contributed by atoms with van der Waals surface area (Å²) in [5.41, 5.74) is 7.86. The molecular weight excluding hydrogens is 208 g/mol. The topological polar surface area (TPSA) is 93.2 Å². The van der Waals surface area contributed by atoms with Gasteiger partial charge in [0.1, 0.15) is 6.54 Å². The SMILES string of the molecule is Cc1nn(CC(=O)NC[C@@H](C)O)c(C)c1N. The number of hydrogen-bond acceptors (Lipinski definition) is 4. The third-order valence-electron chi connectivity index (χ3n) is 2.33. The van der Waals surface area contributed by atoms with E-state index in [2.05, 4.69) is 10.4 Å². The van der Waals surface area contributed by atoms with Crippen LogP contribution in [0.25, 0.3) is 0 Å². The lowest BCUT2D eigenvalue weighted by molar-refractivity contribution is -0.122. The molecule has 4 N–H and O–H groups in total. The highest BCUT2D eigenvalue weighted by Gasteiger charge is 2.11. The minimum atomic E-state index is -0.547. The van der Waals surface area contributed by atoms with E-state index in [0.717, 1.165) is 11.4 Å². The number of rotatable bonds is 4. The van der Waals surface area contributed by atoms with Gasteiger partial charge in [-0.2, -0.15) is 5.10 Å². The summed E-state index contributed by atoms with van der Waals surface area (Å²) in [5.74, 6) is -0.188. The van der Waals surface area contributed by atoms with Crippen molar-refractivity contribution in [1.82, 2.24) is 15.1 Å². The van der Waals surface area contributed by atoms with Crippen molar-refractivity contribution in [3.05, 3.63) is 11.4 Å². The molecule has 6 heteroatoms. The van der Waals surface area contributed by atoms with Crippen LogP contribution in [-0.4, -0.2) is 33.4 Å². The first-order chi connectivity index (χ1) is 7.41. The van der Waals surface area contributed by atoms with Crippen molar-refractivity contribution in [2.75, 3.05) is 12.3 Å². The Bertz CT molecular complexity index is 384. The number of aromatic nitrogens is 2. The largest absolute Gasteiger partial charge is 0.396 e. The van der Waals surface area contributed by atoms with Crippen LogP contribution in [0, 0.1) is 13.8 Å². The first-order valence-electron chi connectivity index (χ1n) is 5.16. The fourth-order valence-electron chi connectivity index (χ4n) is 1.32. The van der Waals surface area contributed by atoms with Gasteiger partial charge in [0.2, 0.25) is 5.91 Å². The van der Waals surface area contributed by atoms with Gasteiger partial charge in [-0.05, 0) is 20.8 Å². The van der Waals surface area contributed by atoms with Gasteiger partial charge in [0.05, 0.1) is 23.2 Å². The van der Waals surface area contributed by atoms with Crippen molar-refractivity contribution < 1.29 is 9.90 Å². The van der Waals surface area contributed by atoms with Crippen LogP contribution < -0.4 is 11.1 Å². The number of amides is 1. The average molecular weight is 226 g/mol. The van der Waals surface area contributed by atoms with E-state index in [1.165, 1.54) is 0 Å². The summed E-state index contributed by atoms with van der Waals surface area (Å²) in [6.45, 7) is 5.59. The number of nitrogen functional groups attached to an aromatic ring is 1. The normalized spacial score (nSPS) is 12.5. The summed E-state index contributed by atoms with van der Waals surface area (Å²) < 4.78 is 1.56. The Kier molecular flexibility index (Phi) is 3.89. The van der Waals surface area contributed by atoms with E-state index in [0.29, 0.717) is 5.69 Å². The van der Waals surface area contributed by atoms with E-state index in [9.17, 15) is 4.79 Å². The first kappa shape index (κ1) is 12.5. The van der Waals surface area contributed by atoms with Gasteiger partial charge in [-0.25, -0.2) is 0 Å². The van der Waals surface area contributed by atoms with Gasteiger partial charge in [0, 0.05) is 6.54 Å². The number of aliphatic hydroxyl groups excluding tert-OH is 1. The van der Waals surface area contributed by atoms with Crippen molar-refractivity contribution in [1.29, 1.82) is 0 Å². The molecular formula is C10H18N4O2. The molecule has 1 rings (SSSR count). The van der Waals surface area contributed by atoms with E-state index in [4.69, 9.17) is 10.8 Å². The number of nitrogens with zero attached hydrogens (tertiary/aromatic N) is 2. The maximum absolute atomic E-state index is 11.5. The number of nitrogens with one attached hydrogen (secondary N) is 1. The standard InChI is InChI=1S/C10H18N4O2/c1-6(15)4-12-9(16)5-14-8(3)10(11)7(2)13-14/h6,15H,4-5,11H2,1-3H3,(H,12,16)/t6-/m1/s1. The fraction of sp³-hybridized carbons (Fsp3) is 0.600. The monoisotopic (exact) mass is 226 g/mol. The van der Waals surface area contributed by atoms with Crippen LogP contribution >= 0.6 is 0 Å². The van der Waals surface area contributed by atoms with Gasteiger partial charge in [0.15, 0.2) is 0 Å². The Balaban J connectivity index is 2.60. The molecule has 0 spiro atoms. The third kappa shape index (κ3) is 2.96. The zero-order valence-electron chi connectivity index (χ0n) is 9.82. The van der Waals surface area contributed by atoms with Gasteiger partial charge < -0.3 is 16.2 Å². The van der Waals surface area contributed by atoms with Gasteiger partial charge in [0.25, 0.3) is 0 Å². The van der Waals surface area contributed by atoms with E-state index in [1.807, 2.05) is 6.92 Å². The molecule has 0 aliphatic rings. The zero-order valence-corrected chi connectivity index (χ0v) is 9.82. The summed E-state index contributed by atoms with van der Waals surface area (Å²) in [7, 11) is 0. The Labute approximate surface area is 94.4 Å². The lowest BCUT2D eigenvalue weighted by Crippen LogP contribution is -2.33. The quantitative estimate of drug-likeness (QED) is 0.650. The molecule has 0 aliphatic heterocycles. The molecule has 1 amide bonds. The van der Waals surface area contributed by atoms with E-state index in [-0.39, 0.29) is 19.0 Å². The van der Waals surface area contributed by atoms with Gasteiger partial charge >= 0.3 is 0 Å². The van der Waals surface area contributed by atoms with Crippen molar-refractivity contribution in [2.24, 2.45) is 0 Å². The summed E-state index contributed by atoms with van der Waals surface area (Å²) in [6.07, 6.45) is -0.547. The first-order valence-corrected chi connectivity index (χ1v) is 5.16. The van der Waals surface area contributed by atoms with Crippen LogP contribution in [-0.2, 0) is 11.3 Å². The highest BCUT2D eigenvalue weighted by atomic mass is 16.3. The molecule has 1 aromatic heterocycles. The maximum atomic E-state index is 11.5. The molecule has 0 unspecified atom stereocenters. The predicted octanol–water partition coefficient (Wildman–Crippen LogP) is -0.421. The molecule has 0 fully saturated rings. The third-order valence-corrected chi connectivity index (χ3v) is 2.33.